The molecule has 2 N–H and O–H groups in total. The van der Waals surface area contributed by atoms with Crippen LogP contribution in [0.1, 0.15) is 24.1 Å². The van der Waals surface area contributed by atoms with Crippen molar-refractivity contribution in [1.82, 2.24) is 20.5 Å². The van der Waals surface area contributed by atoms with Crippen LogP contribution in [0.3, 0.4) is 0 Å². The molecule has 14 heavy (non-hydrogen) atoms. The van der Waals surface area contributed by atoms with Gasteiger partial charge in [0.2, 0.25) is 0 Å². The molecule has 1 aromatic rings. The molecule has 2 unspecified atom stereocenters. The predicted molar refractivity (Wildman–Crippen MR) is 54.5 cm³/mol. The SMILES string of the molecule is COC1CNC(c2n[nH]c(C)n2)C1.Cl. The number of aromatic nitrogens is 3. The number of aromatic amines is 1. The van der Waals surface area contributed by atoms with Gasteiger partial charge < -0.3 is 10.1 Å². The zero-order chi connectivity index (χ0) is 9.26. The number of hydrogen-bond donors (Lipinski definition) is 2. The maximum atomic E-state index is 5.24. The summed E-state index contributed by atoms with van der Waals surface area (Å²) in [6.07, 6.45) is 1.25. The molecule has 1 saturated heterocycles. The smallest absolute Gasteiger partial charge is 0.167 e. The molecule has 0 amide bonds. The summed E-state index contributed by atoms with van der Waals surface area (Å²) in [4.78, 5) is 4.28. The normalized spacial score (nSPS) is 26.1. The number of rotatable bonds is 2. The number of nitrogens with one attached hydrogen (secondary N) is 2. The Labute approximate surface area is 89.0 Å². The minimum Gasteiger partial charge on any atom is -0.380 e. The minimum absolute atomic E-state index is 0. The number of halogens is 1. The van der Waals surface area contributed by atoms with Crippen molar-refractivity contribution in [3.63, 3.8) is 0 Å². The molecule has 1 aromatic heterocycles. The molecule has 1 fully saturated rings. The summed E-state index contributed by atoms with van der Waals surface area (Å²) in [5, 5.41) is 10.3. The number of nitrogens with zero attached hydrogens (tertiary/aromatic N) is 2. The first-order valence-electron chi connectivity index (χ1n) is 4.44. The lowest BCUT2D eigenvalue weighted by molar-refractivity contribution is 0.117. The van der Waals surface area contributed by atoms with E-state index >= 15 is 0 Å². The third-order valence-electron chi connectivity index (χ3n) is 2.35. The molecule has 0 aromatic carbocycles. The fourth-order valence-electron chi connectivity index (χ4n) is 1.60. The Bertz CT molecular complexity index is 291. The fourth-order valence-corrected chi connectivity index (χ4v) is 1.60. The van der Waals surface area contributed by atoms with Crippen LogP contribution in [0.4, 0.5) is 0 Å². The van der Waals surface area contributed by atoms with E-state index in [0.717, 1.165) is 24.6 Å². The van der Waals surface area contributed by atoms with Gasteiger partial charge >= 0.3 is 0 Å². The van der Waals surface area contributed by atoms with Crippen molar-refractivity contribution in [1.29, 1.82) is 0 Å². The molecule has 0 saturated carbocycles. The van der Waals surface area contributed by atoms with Crippen molar-refractivity contribution in [2.75, 3.05) is 13.7 Å². The topological polar surface area (TPSA) is 62.8 Å². The first-order chi connectivity index (χ1) is 6.29. The second-order valence-electron chi connectivity index (χ2n) is 3.33. The highest BCUT2D eigenvalue weighted by molar-refractivity contribution is 5.85. The van der Waals surface area contributed by atoms with Gasteiger partial charge in [-0.25, -0.2) is 4.98 Å². The molecule has 0 spiro atoms. The Kier molecular flexibility index (Phi) is 3.86. The summed E-state index contributed by atoms with van der Waals surface area (Å²) in [5.41, 5.74) is 0. The van der Waals surface area contributed by atoms with Crippen LogP contribution >= 0.6 is 12.4 Å². The zero-order valence-corrected chi connectivity index (χ0v) is 9.10. The van der Waals surface area contributed by atoms with Crippen LogP contribution in [0.2, 0.25) is 0 Å². The van der Waals surface area contributed by atoms with Gasteiger partial charge in [-0.2, -0.15) is 5.10 Å². The van der Waals surface area contributed by atoms with E-state index in [9.17, 15) is 0 Å². The van der Waals surface area contributed by atoms with Crippen LogP contribution in [-0.4, -0.2) is 34.9 Å². The van der Waals surface area contributed by atoms with Gasteiger partial charge in [0.15, 0.2) is 5.82 Å². The lowest BCUT2D eigenvalue weighted by atomic mass is 10.2. The quantitative estimate of drug-likeness (QED) is 0.763. The van der Waals surface area contributed by atoms with E-state index in [-0.39, 0.29) is 18.4 Å². The van der Waals surface area contributed by atoms with Crippen LogP contribution in [0, 0.1) is 6.92 Å². The summed E-state index contributed by atoms with van der Waals surface area (Å²) in [5.74, 6) is 1.70. The number of aryl methyl sites for hydroxylation is 1. The average Bonchev–Trinajstić information content (AvgIpc) is 2.71. The maximum Gasteiger partial charge on any atom is 0.167 e. The molecule has 5 nitrogen and oxygen atoms in total. The number of hydrogen-bond acceptors (Lipinski definition) is 4. The number of ether oxygens (including phenoxy) is 1. The van der Waals surface area contributed by atoms with Gasteiger partial charge in [0.05, 0.1) is 12.1 Å². The number of methoxy groups -OCH3 is 1. The van der Waals surface area contributed by atoms with E-state index in [1.54, 1.807) is 7.11 Å². The highest BCUT2D eigenvalue weighted by Gasteiger charge is 2.27. The molecule has 2 atom stereocenters. The molecule has 2 heterocycles. The van der Waals surface area contributed by atoms with Crippen molar-refractivity contribution in [2.24, 2.45) is 0 Å². The van der Waals surface area contributed by atoms with Gasteiger partial charge in [0, 0.05) is 13.7 Å². The Balaban J connectivity index is 0.000000980. The first-order valence-corrected chi connectivity index (χ1v) is 4.44. The summed E-state index contributed by atoms with van der Waals surface area (Å²) < 4.78 is 5.24. The highest BCUT2D eigenvalue weighted by atomic mass is 35.5. The third-order valence-corrected chi connectivity index (χ3v) is 2.35. The second-order valence-corrected chi connectivity index (χ2v) is 3.33. The van der Waals surface area contributed by atoms with E-state index in [2.05, 4.69) is 20.5 Å². The lowest BCUT2D eigenvalue weighted by Crippen LogP contribution is -2.16. The van der Waals surface area contributed by atoms with Crippen molar-refractivity contribution < 1.29 is 4.74 Å². The Morgan fingerprint density at radius 2 is 2.29 bits per heavy atom. The van der Waals surface area contributed by atoms with Crippen molar-refractivity contribution >= 4 is 12.4 Å². The summed E-state index contributed by atoms with van der Waals surface area (Å²) in [6, 6.07) is 0.245. The summed E-state index contributed by atoms with van der Waals surface area (Å²) >= 11 is 0. The lowest BCUT2D eigenvalue weighted by Gasteiger charge is -2.04. The third kappa shape index (κ3) is 2.23. The van der Waals surface area contributed by atoms with Gasteiger partial charge in [-0.15, -0.1) is 12.4 Å². The molecule has 2 rings (SSSR count). The van der Waals surface area contributed by atoms with E-state index < -0.39 is 0 Å². The van der Waals surface area contributed by atoms with E-state index in [0.29, 0.717) is 6.10 Å². The van der Waals surface area contributed by atoms with Crippen molar-refractivity contribution in [3.05, 3.63) is 11.6 Å². The van der Waals surface area contributed by atoms with E-state index in [4.69, 9.17) is 4.74 Å². The standard InChI is InChI=1S/C8H14N4O.ClH/c1-5-10-8(12-11-5)7-3-6(13-2)4-9-7;/h6-7,9H,3-4H2,1-2H3,(H,10,11,12);1H. The van der Waals surface area contributed by atoms with Crippen LogP contribution in [-0.2, 0) is 4.74 Å². The van der Waals surface area contributed by atoms with Gasteiger partial charge in [0.1, 0.15) is 5.82 Å². The number of H-pyrrole nitrogens is 1. The van der Waals surface area contributed by atoms with Gasteiger partial charge in [-0.1, -0.05) is 0 Å². The van der Waals surface area contributed by atoms with Crippen molar-refractivity contribution in [3.8, 4) is 0 Å². The maximum absolute atomic E-state index is 5.24. The van der Waals surface area contributed by atoms with Gasteiger partial charge in [-0.3, -0.25) is 5.10 Å². The zero-order valence-electron chi connectivity index (χ0n) is 8.28. The fraction of sp³-hybridized carbons (Fsp3) is 0.750. The molecule has 80 valence electrons. The Hall–Kier alpha value is -0.650. The van der Waals surface area contributed by atoms with E-state index in [1.807, 2.05) is 6.92 Å². The Morgan fingerprint density at radius 1 is 1.50 bits per heavy atom. The molecule has 1 aliphatic heterocycles. The van der Waals surface area contributed by atoms with Crippen LogP contribution in [0.25, 0.3) is 0 Å². The average molecular weight is 219 g/mol. The van der Waals surface area contributed by atoms with Crippen molar-refractivity contribution in [2.45, 2.75) is 25.5 Å². The molecule has 6 heteroatoms. The molecular formula is C8H15ClN4O. The van der Waals surface area contributed by atoms with E-state index in [1.165, 1.54) is 0 Å². The first kappa shape index (κ1) is 11.4. The van der Waals surface area contributed by atoms with Gasteiger partial charge in [0.25, 0.3) is 0 Å². The van der Waals surface area contributed by atoms with Crippen LogP contribution < -0.4 is 5.32 Å². The minimum atomic E-state index is 0. The van der Waals surface area contributed by atoms with Crippen LogP contribution in [0.15, 0.2) is 0 Å². The molecular weight excluding hydrogens is 204 g/mol. The molecule has 1 aliphatic rings. The summed E-state index contributed by atoms with van der Waals surface area (Å²) in [6.45, 7) is 2.79. The second kappa shape index (κ2) is 4.72. The largest absolute Gasteiger partial charge is 0.380 e. The molecule has 0 bridgehead atoms. The monoisotopic (exact) mass is 218 g/mol. The molecule has 0 aliphatic carbocycles. The molecule has 0 radical (unpaired) electrons. The summed E-state index contributed by atoms with van der Waals surface area (Å²) in [7, 11) is 1.73. The Morgan fingerprint density at radius 3 is 2.79 bits per heavy atom. The van der Waals surface area contributed by atoms with Crippen LogP contribution in [0.5, 0.6) is 0 Å². The predicted octanol–water partition coefficient (Wildman–Crippen LogP) is 0.584. The highest BCUT2D eigenvalue weighted by Crippen LogP contribution is 2.21. The van der Waals surface area contributed by atoms with Gasteiger partial charge in [-0.05, 0) is 13.3 Å².